The number of amides is 1. The van der Waals surface area contributed by atoms with E-state index in [0.717, 1.165) is 23.7 Å². The molecule has 0 aliphatic heterocycles. The number of benzene rings is 2. The molecular weight excluding hydrogens is 478 g/mol. The lowest BCUT2D eigenvalue weighted by Gasteiger charge is -2.10. The third-order valence-electron chi connectivity index (χ3n) is 4.43. The second-order valence-electron chi connectivity index (χ2n) is 6.63. The fraction of sp³-hybridized carbons (Fsp3) is 0. The summed E-state index contributed by atoms with van der Waals surface area (Å²) < 4.78 is 56.2. The lowest BCUT2D eigenvalue weighted by atomic mass is 10.2. The molecule has 0 fully saturated rings. The van der Waals surface area contributed by atoms with Crippen LogP contribution in [-0.2, 0) is 20.0 Å². The van der Waals surface area contributed by atoms with Crippen LogP contribution in [0.4, 0.5) is 0 Å². The van der Waals surface area contributed by atoms with Crippen molar-refractivity contribution < 1.29 is 26.0 Å². The number of carbonyl (C=O) groups excluding carboxylic acids is 1. The monoisotopic (exact) mass is 491 g/mol. The van der Waals surface area contributed by atoms with Gasteiger partial charge in [0.05, 0.1) is 10.6 Å². The number of rotatable bonds is 5. The number of furan rings is 1. The number of aromatic nitrogens is 1. The van der Waals surface area contributed by atoms with E-state index in [-0.39, 0.29) is 16.3 Å². The average Bonchev–Trinajstić information content (AvgIpc) is 3.16. The van der Waals surface area contributed by atoms with Gasteiger partial charge in [0, 0.05) is 11.6 Å². The molecule has 0 saturated carbocycles. The van der Waals surface area contributed by atoms with Crippen molar-refractivity contribution in [3.63, 3.8) is 0 Å². The number of para-hydroxylation sites is 1. The number of hydrogen-bond donors (Lipinski definition) is 2. The SMILES string of the molecule is NS(=O)(=O)c1ccccc1S(=O)(=O)NC(=O)c1cnc(-c2cc3ccccc3o2)c(Cl)c1. The summed E-state index contributed by atoms with van der Waals surface area (Å²) in [5.41, 5.74) is 0.732. The van der Waals surface area contributed by atoms with Crippen LogP contribution >= 0.6 is 11.6 Å². The van der Waals surface area contributed by atoms with Crippen LogP contribution in [0, 0.1) is 0 Å². The Hall–Kier alpha value is -3.25. The highest BCUT2D eigenvalue weighted by Gasteiger charge is 2.26. The second-order valence-corrected chi connectivity index (χ2v) is 10.2. The summed E-state index contributed by atoms with van der Waals surface area (Å²) in [6, 6.07) is 14.9. The molecule has 3 N–H and O–H groups in total. The molecule has 2 aromatic heterocycles. The lowest BCUT2D eigenvalue weighted by molar-refractivity contribution is 0.0981. The number of primary sulfonamides is 1. The molecule has 2 heterocycles. The molecule has 2 aromatic carbocycles. The van der Waals surface area contributed by atoms with Gasteiger partial charge in [-0.25, -0.2) is 26.7 Å². The molecule has 0 radical (unpaired) electrons. The average molecular weight is 492 g/mol. The Kier molecular flexibility index (Phi) is 5.51. The van der Waals surface area contributed by atoms with Crippen molar-refractivity contribution >= 4 is 48.5 Å². The fourth-order valence-corrected chi connectivity index (χ4v) is 5.60. The smallest absolute Gasteiger partial charge is 0.266 e. The first-order chi connectivity index (χ1) is 15.1. The molecule has 4 rings (SSSR count). The van der Waals surface area contributed by atoms with Gasteiger partial charge in [0.1, 0.15) is 21.1 Å². The number of pyridine rings is 1. The highest BCUT2D eigenvalue weighted by molar-refractivity contribution is 7.92. The predicted molar refractivity (Wildman–Crippen MR) is 117 cm³/mol. The summed E-state index contributed by atoms with van der Waals surface area (Å²) in [7, 11) is -8.91. The molecule has 0 saturated heterocycles. The molecule has 0 atom stereocenters. The molecule has 0 bridgehead atoms. The maximum Gasteiger partial charge on any atom is 0.266 e. The van der Waals surface area contributed by atoms with E-state index < -0.39 is 35.7 Å². The second kappa shape index (κ2) is 8.02. The van der Waals surface area contributed by atoms with Crippen LogP contribution in [0.3, 0.4) is 0 Å². The van der Waals surface area contributed by atoms with Crippen LogP contribution in [0.2, 0.25) is 5.02 Å². The Labute approximate surface area is 187 Å². The normalized spacial score (nSPS) is 12.1. The van der Waals surface area contributed by atoms with Crippen molar-refractivity contribution in [2.45, 2.75) is 9.79 Å². The zero-order valence-corrected chi connectivity index (χ0v) is 18.4. The van der Waals surface area contributed by atoms with Gasteiger partial charge in [0.2, 0.25) is 10.0 Å². The molecule has 164 valence electrons. The largest absolute Gasteiger partial charge is 0.454 e. The molecule has 0 aliphatic rings. The fourth-order valence-electron chi connectivity index (χ4n) is 2.99. The first-order valence-corrected chi connectivity index (χ1v) is 12.3. The van der Waals surface area contributed by atoms with E-state index in [1.165, 1.54) is 18.2 Å². The van der Waals surface area contributed by atoms with E-state index in [0.29, 0.717) is 11.3 Å². The van der Waals surface area contributed by atoms with Crippen molar-refractivity contribution in [2.75, 3.05) is 0 Å². The minimum atomic E-state index is -4.56. The minimum absolute atomic E-state index is 0.0547. The van der Waals surface area contributed by atoms with Gasteiger partial charge < -0.3 is 4.42 Å². The van der Waals surface area contributed by atoms with Crippen molar-refractivity contribution in [1.29, 1.82) is 0 Å². The van der Waals surface area contributed by atoms with Crippen molar-refractivity contribution in [3.05, 3.63) is 77.4 Å². The third-order valence-corrected chi connectivity index (χ3v) is 7.21. The molecule has 4 aromatic rings. The van der Waals surface area contributed by atoms with Crippen LogP contribution in [0.15, 0.2) is 81.1 Å². The first kappa shape index (κ1) is 22.0. The number of nitrogens with two attached hydrogens (primary N) is 1. The predicted octanol–water partition coefficient (Wildman–Crippen LogP) is 2.91. The number of hydrogen-bond acceptors (Lipinski definition) is 7. The van der Waals surface area contributed by atoms with Gasteiger partial charge in [0.15, 0.2) is 5.76 Å². The van der Waals surface area contributed by atoms with Crippen molar-refractivity contribution in [3.8, 4) is 11.5 Å². The summed E-state index contributed by atoms with van der Waals surface area (Å²) in [5.74, 6) is -0.683. The van der Waals surface area contributed by atoms with E-state index in [1.807, 2.05) is 18.2 Å². The van der Waals surface area contributed by atoms with Crippen molar-refractivity contribution in [2.24, 2.45) is 5.14 Å². The zero-order valence-electron chi connectivity index (χ0n) is 16.0. The van der Waals surface area contributed by atoms with E-state index in [2.05, 4.69) is 4.98 Å². The molecule has 1 amide bonds. The molecule has 12 heteroatoms. The van der Waals surface area contributed by atoms with E-state index in [9.17, 15) is 21.6 Å². The van der Waals surface area contributed by atoms with Gasteiger partial charge in [-0.1, -0.05) is 41.9 Å². The summed E-state index contributed by atoms with van der Waals surface area (Å²) in [6.07, 6.45) is 1.13. The maximum absolute atomic E-state index is 12.6. The van der Waals surface area contributed by atoms with Crippen LogP contribution in [0.1, 0.15) is 10.4 Å². The number of nitrogens with zero attached hydrogens (tertiary/aromatic N) is 1. The highest BCUT2D eigenvalue weighted by Crippen LogP contribution is 2.31. The topological polar surface area (TPSA) is 149 Å². The highest BCUT2D eigenvalue weighted by atomic mass is 35.5. The Morgan fingerprint density at radius 2 is 1.62 bits per heavy atom. The maximum atomic E-state index is 12.6. The number of fused-ring (bicyclic) bond motifs is 1. The molecule has 0 unspecified atom stereocenters. The van der Waals surface area contributed by atoms with Crippen LogP contribution in [0.25, 0.3) is 22.4 Å². The molecule has 9 nitrogen and oxygen atoms in total. The van der Waals surface area contributed by atoms with Gasteiger partial charge in [-0.3, -0.25) is 9.78 Å². The minimum Gasteiger partial charge on any atom is -0.454 e. The van der Waals surface area contributed by atoms with Gasteiger partial charge in [0.25, 0.3) is 15.9 Å². The first-order valence-electron chi connectivity index (χ1n) is 8.90. The molecule has 0 aliphatic carbocycles. The Morgan fingerprint density at radius 1 is 0.969 bits per heavy atom. The van der Waals surface area contributed by atoms with Crippen LogP contribution in [0.5, 0.6) is 0 Å². The molecular formula is C20H14ClN3O6S2. The Morgan fingerprint density at radius 3 is 2.28 bits per heavy atom. The third kappa shape index (κ3) is 4.23. The van der Waals surface area contributed by atoms with Gasteiger partial charge >= 0.3 is 0 Å². The summed E-state index contributed by atoms with van der Waals surface area (Å²) in [4.78, 5) is 15.4. The molecule has 32 heavy (non-hydrogen) atoms. The summed E-state index contributed by atoms with van der Waals surface area (Å²) >= 11 is 6.26. The number of sulfonamides is 2. The Balaban J connectivity index is 1.64. The van der Waals surface area contributed by atoms with Crippen LogP contribution in [-0.4, -0.2) is 27.7 Å². The molecule has 0 spiro atoms. The Bertz CT molecular complexity index is 1550. The van der Waals surface area contributed by atoms with Crippen LogP contribution < -0.4 is 9.86 Å². The van der Waals surface area contributed by atoms with Gasteiger partial charge in [-0.15, -0.1) is 0 Å². The van der Waals surface area contributed by atoms with E-state index in [4.69, 9.17) is 21.2 Å². The zero-order chi connectivity index (χ0) is 23.1. The van der Waals surface area contributed by atoms with E-state index >= 15 is 0 Å². The number of halogens is 1. The van der Waals surface area contributed by atoms with Crippen molar-refractivity contribution in [1.82, 2.24) is 9.71 Å². The summed E-state index contributed by atoms with van der Waals surface area (Å²) in [6.45, 7) is 0. The van der Waals surface area contributed by atoms with E-state index in [1.54, 1.807) is 16.9 Å². The standard InChI is InChI=1S/C20H14ClN3O6S2/c21-14-9-13(11-23-19(14)16-10-12-5-1-2-6-15(12)30-16)20(25)24-32(28,29)18-8-4-3-7-17(18)31(22,26)27/h1-11H,(H,24,25)(H2,22,26,27). The summed E-state index contributed by atoms with van der Waals surface area (Å²) in [5, 5.41) is 5.96. The quantitative estimate of drug-likeness (QED) is 0.435. The number of nitrogens with one attached hydrogen (secondary N) is 1. The number of carbonyl (C=O) groups is 1. The van der Waals surface area contributed by atoms with Gasteiger partial charge in [-0.05, 0) is 30.3 Å². The van der Waals surface area contributed by atoms with Gasteiger partial charge in [-0.2, -0.15) is 0 Å². The lowest BCUT2D eigenvalue weighted by Crippen LogP contribution is -2.32.